The van der Waals surface area contributed by atoms with Gasteiger partial charge in [0.05, 0.1) is 0 Å². The van der Waals surface area contributed by atoms with Crippen LogP contribution in [0, 0.1) is 5.92 Å². The number of benzene rings is 3. The second-order valence-electron chi connectivity index (χ2n) is 8.00. The number of likely N-dealkylation sites (tertiary alicyclic amines) is 1. The number of piperidine rings is 1. The Morgan fingerprint density at radius 3 is 2.44 bits per heavy atom. The van der Waals surface area contributed by atoms with Crippen LogP contribution in [0.2, 0.25) is 0 Å². The van der Waals surface area contributed by atoms with E-state index in [0.29, 0.717) is 25.9 Å². The summed E-state index contributed by atoms with van der Waals surface area (Å²) in [6, 6.07) is 21.5. The van der Waals surface area contributed by atoms with Gasteiger partial charge in [0.25, 0.3) is 5.91 Å². The van der Waals surface area contributed by atoms with Gasteiger partial charge in [-0.3, -0.25) is 9.59 Å². The lowest BCUT2D eigenvalue weighted by Crippen LogP contribution is -2.41. The van der Waals surface area contributed by atoms with Crippen LogP contribution in [0.3, 0.4) is 0 Å². The minimum Gasteiger partial charge on any atom is -0.339 e. The maximum absolute atomic E-state index is 13.1. The summed E-state index contributed by atoms with van der Waals surface area (Å²) >= 11 is 1.59. The first kappa shape index (κ1) is 20.4. The molecule has 5 nitrogen and oxygen atoms in total. The molecule has 3 aromatic carbocycles. The Morgan fingerprint density at radius 1 is 0.938 bits per heavy atom. The number of aromatic nitrogens is 1. The van der Waals surface area contributed by atoms with Crippen molar-refractivity contribution in [2.75, 3.05) is 18.4 Å². The van der Waals surface area contributed by atoms with E-state index in [1.165, 1.54) is 0 Å². The van der Waals surface area contributed by atoms with Crippen molar-refractivity contribution in [3.05, 3.63) is 83.9 Å². The van der Waals surface area contributed by atoms with E-state index in [1.807, 2.05) is 77.0 Å². The van der Waals surface area contributed by atoms with Crippen molar-refractivity contribution >= 4 is 39.6 Å². The highest BCUT2D eigenvalue weighted by Crippen LogP contribution is 2.26. The van der Waals surface area contributed by atoms with Gasteiger partial charge in [-0.1, -0.05) is 36.4 Å². The van der Waals surface area contributed by atoms with Crippen molar-refractivity contribution in [2.45, 2.75) is 12.8 Å². The van der Waals surface area contributed by atoms with E-state index >= 15 is 0 Å². The van der Waals surface area contributed by atoms with Crippen LogP contribution in [0.25, 0.3) is 21.3 Å². The number of nitrogens with one attached hydrogen (secondary N) is 1. The van der Waals surface area contributed by atoms with Crippen molar-refractivity contribution in [3.63, 3.8) is 0 Å². The lowest BCUT2D eigenvalue weighted by molar-refractivity contribution is -0.121. The summed E-state index contributed by atoms with van der Waals surface area (Å²) in [6.45, 7) is 1.17. The molecule has 1 aromatic heterocycles. The molecule has 1 saturated heterocycles. The molecular formula is C26H23N3O2S. The van der Waals surface area contributed by atoms with Crippen molar-refractivity contribution in [2.24, 2.45) is 5.92 Å². The van der Waals surface area contributed by atoms with Gasteiger partial charge >= 0.3 is 0 Å². The highest BCUT2D eigenvalue weighted by molar-refractivity contribution is 7.13. The van der Waals surface area contributed by atoms with E-state index in [2.05, 4.69) is 10.3 Å². The van der Waals surface area contributed by atoms with Crippen LogP contribution in [0.1, 0.15) is 23.2 Å². The minimum atomic E-state index is -0.0924. The maximum atomic E-state index is 13.1. The summed E-state index contributed by atoms with van der Waals surface area (Å²) in [5, 5.41) is 7.97. The number of hydrogen-bond acceptors (Lipinski definition) is 4. The number of anilines is 1. The molecule has 0 atom stereocenters. The van der Waals surface area contributed by atoms with Gasteiger partial charge in [-0.15, -0.1) is 11.3 Å². The lowest BCUT2D eigenvalue weighted by Gasteiger charge is -2.31. The van der Waals surface area contributed by atoms with E-state index in [1.54, 1.807) is 17.5 Å². The van der Waals surface area contributed by atoms with E-state index in [9.17, 15) is 9.59 Å². The van der Waals surface area contributed by atoms with Gasteiger partial charge in [-0.25, -0.2) is 4.98 Å². The number of carbonyl (C=O) groups is 2. The molecule has 0 radical (unpaired) electrons. The van der Waals surface area contributed by atoms with E-state index in [-0.39, 0.29) is 17.7 Å². The first-order valence-electron chi connectivity index (χ1n) is 10.8. The summed E-state index contributed by atoms with van der Waals surface area (Å²) < 4.78 is 0. The quantitative estimate of drug-likeness (QED) is 0.458. The number of rotatable bonds is 4. The van der Waals surface area contributed by atoms with Crippen LogP contribution >= 0.6 is 11.3 Å². The fourth-order valence-electron chi connectivity index (χ4n) is 4.23. The van der Waals surface area contributed by atoms with Crippen LogP contribution < -0.4 is 5.32 Å². The molecule has 1 fully saturated rings. The van der Waals surface area contributed by atoms with Crippen molar-refractivity contribution in [3.8, 4) is 10.6 Å². The Hall–Kier alpha value is -3.51. The molecule has 4 aromatic rings. The van der Waals surface area contributed by atoms with Gasteiger partial charge in [0.15, 0.2) is 0 Å². The van der Waals surface area contributed by atoms with Crippen LogP contribution in [0.15, 0.2) is 78.3 Å². The molecule has 32 heavy (non-hydrogen) atoms. The van der Waals surface area contributed by atoms with Gasteiger partial charge in [0.1, 0.15) is 5.01 Å². The first-order valence-corrected chi connectivity index (χ1v) is 11.6. The predicted octanol–water partition coefficient (Wildman–Crippen LogP) is 5.45. The number of hydrogen-bond donors (Lipinski definition) is 1. The topological polar surface area (TPSA) is 62.3 Å². The summed E-state index contributed by atoms with van der Waals surface area (Å²) in [5.41, 5.74) is 2.55. The number of thiazole rings is 1. The molecule has 5 rings (SSSR count). The Bertz CT molecular complexity index is 1240. The monoisotopic (exact) mass is 441 g/mol. The minimum absolute atomic E-state index is 0.0178. The van der Waals surface area contributed by atoms with E-state index in [4.69, 9.17) is 0 Å². The summed E-state index contributed by atoms with van der Waals surface area (Å²) in [5.74, 6) is -0.0344. The first-order chi connectivity index (χ1) is 15.7. The summed E-state index contributed by atoms with van der Waals surface area (Å²) in [4.78, 5) is 32.1. The fourth-order valence-corrected chi connectivity index (χ4v) is 4.88. The largest absolute Gasteiger partial charge is 0.339 e. The Morgan fingerprint density at radius 2 is 1.69 bits per heavy atom. The van der Waals surface area contributed by atoms with Crippen LogP contribution in [-0.2, 0) is 4.79 Å². The number of fused-ring (bicyclic) bond motifs is 1. The van der Waals surface area contributed by atoms with E-state index < -0.39 is 0 Å². The standard InChI is InChI=1S/C26H23N3O2S/c30-24(28-21-10-8-20(9-11-21)25-27-14-17-32-25)19-12-15-29(16-13-19)26(31)23-7-3-5-18-4-1-2-6-22(18)23/h1-11,14,17,19H,12-13,15-16H2,(H,28,30). The smallest absolute Gasteiger partial charge is 0.254 e. The van der Waals surface area contributed by atoms with Gasteiger partial charge in [-0.2, -0.15) is 0 Å². The Labute approximate surface area is 190 Å². The molecule has 0 spiro atoms. The second-order valence-corrected chi connectivity index (χ2v) is 8.89. The number of nitrogens with zero attached hydrogens (tertiary/aromatic N) is 2. The van der Waals surface area contributed by atoms with E-state index in [0.717, 1.165) is 32.6 Å². The molecule has 0 unspecified atom stereocenters. The highest BCUT2D eigenvalue weighted by atomic mass is 32.1. The molecule has 2 heterocycles. The van der Waals surface area contributed by atoms with Crippen LogP contribution in [-0.4, -0.2) is 34.8 Å². The molecule has 1 aliphatic heterocycles. The molecule has 0 bridgehead atoms. The SMILES string of the molecule is O=C(Nc1ccc(-c2nccs2)cc1)C1CCN(C(=O)c2cccc3ccccc23)CC1. The average molecular weight is 442 g/mol. The summed E-state index contributed by atoms with van der Waals surface area (Å²) in [6.07, 6.45) is 3.12. The third-order valence-corrected chi connectivity index (χ3v) is 6.83. The molecule has 2 amide bonds. The van der Waals surface area contributed by atoms with Gasteiger partial charge < -0.3 is 10.2 Å². The van der Waals surface area contributed by atoms with Crippen molar-refractivity contribution in [1.29, 1.82) is 0 Å². The molecule has 160 valence electrons. The summed E-state index contributed by atoms with van der Waals surface area (Å²) in [7, 11) is 0. The second kappa shape index (κ2) is 8.93. The molecular weight excluding hydrogens is 418 g/mol. The third kappa shape index (κ3) is 4.14. The maximum Gasteiger partial charge on any atom is 0.254 e. The molecule has 6 heteroatoms. The number of amides is 2. The Kier molecular flexibility index (Phi) is 5.69. The molecule has 0 aliphatic carbocycles. The van der Waals surface area contributed by atoms with Gasteiger partial charge in [0, 0.05) is 47.4 Å². The fraction of sp³-hybridized carbons (Fsp3) is 0.192. The number of carbonyl (C=O) groups excluding carboxylic acids is 2. The van der Waals surface area contributed by atoms with Gasteiger partial charge in [-0.05, 0) is 53.9 Å². The van der Waals surface area contributed by atoms with Crippen molar-refractivity contribution < 1.29 is 9.59 Å². The lowest BCUT2D eigenvalue weighted by atomic mass is 9.94. The zero-order chi connectivity index (χ0) is 21.9. The predicted molar refractivity (Wildman–Crippen MR) is 129 cm³/mol. The van der Waals surface area contributed by atoms with Gasteiger partial charge in [0.2, 0.25) is 5.91 Å². The van der Waals surface area contributed by atoms with Crippen LogP contribution in [0.4, 0.5) is 5.69 Å². The zero-order valence-corrected chi connectivity index (χ0v) is 18.3. The Balaban J connectivity index is 1.20. The van der Waals surface area contributed by atoms with Crippen LogP contribution in [0.5, 0.6) is 0 Å². The highest BCUT2D eigenvalue weighted by Gasteiger charge is 2.28. The molecule has 1 aliphatic rings. The molecule has 0 saturated carbocycles. The normalized spacial score (nSPS) is 14.4. The molecule has 1 N–H and O–H groups in total. The van der Waals surface area contributed by atoms with Crippen molar-refractivity contribution in [1.82, 2.24) is 9.88 Å². The zero-order valence-electron chi connectivity index (χ0n) is 17.5. The third-order valence-electron chi connectivity index (χ3n) is 6.00. The average Bonchev–Trinajstić information content (AvgIpc) is 3.39.